The van der Waals surface area contributed by atoms with Crippen LogP contribution < -0.4 is 11.1 Å². The molecule has 1 aliphatic heterocycles. The van der Waals surface area contributed by atoms with Gasteiger partial charge in [0.1, 0.15) is 6.29 Å². The summed E-state index contributed by atoms with van der Waals surface area (Å²) in [6, 6.07) is 13.4. The highest BCUT2D eigenvalue weighted by atomic mass is 35.5. The van der Waals surface area contributed by atoms with Crippen molar-refractivity contribution >= 4 is 57.0 Å². The second-order valence-corrected chi connectivity index (χ2v) is 12.9. The lowest BCUT2D eigenvalue weighted by atomic mass is 9.95. The van der Waals surface area contributed by atoms with Crippen LogP contribution in [-0.4, -0.2) is 64.2 Å². The molecule has 0 aliphatic carbocycles. The van der Waals surface area contributed by atoms with Crippen molar-refractivity contribution in [1.82, 2.24) is 9.80 Å². The minimum absolute atomic E-state index is 0.0250. The number of amides is 2. The molecule has 0 spiro atoms. The molecule has 3 atom stereocenters. The minimum Gasteiger partial charge on any atom is -0.323 e. The smallest absolute Gasteiger partial charge is 0.262 e. The number of benzene rings is 2. The maximum atomic E-state index is 13.5. The Bertz CT molecular complexity index is 1060. The second kappa shape index (κ2) is 11.8. The Labute approximate surface area is 219 Å². The zero-order valence-electron chi connectivity index (χ0n) is 20.2. The lowest BCUT2D eigenvalue weighted by molar-refractivity contribution is -0.145. The number of hydrogen-bond donors (Lipinski definition) is 2. The van der Waals surface area contributed by atoms with E-state index in [2.05, 4.69) is 26.1 Å². The maximum Gasteiger partial charge on any atom is 0.262 e. The summed E-state index contributed by atoms with van der Waals surface area (Å²) in [7, 11) is 4.72. The molecule has 3 N–H and O–H groups in total. The van der Waals surface area contributed by atoms with Crippen LogP contribution >= 0.6 is 33.2 Å². The number of carbonyl (C=O) groups excluding carboxylic acids is 3. The summed E-state index contributed by atoms with van der Waals surface area (Å²) in [6.07, 6.45) is -0.324. The van der Waals surface area contributed by atoms with Crippen LogP contribution in [0.5, 0.6) is 0 Å². The van der Waals surface area contributed by atoms with Crippen molar-refractivity contribution in [2.75, 3.05) is 24.7 Å². The molecule has 3 unspecified atom stereocenters. The fraction of sp³-hybridized carbons (Fsp3) is 0.400. The first-order valence-corrected chi connectivity index (χ1v) is 13.9. The number of likely N-dealkylation sites (N-methyl/N-ethyl adjacent to an activating group) is 1. The third-order valence-corrected chi connectivity index (χ3v) is 9.05. The first-order chi connectivity index (χ1) is 16.5. The zero-order chi connectivity index (χ0) is 25.8. The third kappa shape index (κ3) is 6.80. The van der Waals surface area contributed by atoms with E-state index in [-0.39, 0.29) is 17.2 Å². The average Bonchev–Trinajstić information content (AvgIpc) is 2.91. The molecule has 35 heavy (non-hydrogen) atoms. The largest absolute Gasteiger partial charge is 0.323 e. The summed E-state index contributed by atoms with van der Waals surface area (Å²) in [4.78, 5) is 41.7. The van der Waals surface area contributed by atoms with Crippen molar-refractivity contribution in [2.24, 2.45) is 5.73 Å². The molecule has 0 fully saturated rings. The predicted octanol–water partition coefficient (Wildman–Crippen LogP) is 4.17. The lowest BCUT2D eigenvalue weighted by Gasteiger charge is -2.39. The van der Waals surface area contributed by atoms with E-state index in [4.69, 9.17) is 17.3 Å². The van der Waals surface area contributed by atoms with E-state index in [0.29, 0.717) is 16.5 Å². The minimum atomic E-state index is -1.06. The van der Waals surface area contributed by atoms with Gasteiger partial charge in [-0.1, -0.05) is 84.3 Å². The number of nitrogens with two attached hydrogens (primary N) is 1. The van der Waals surface area contributed by atoms with Crippen LogP contribution in [0.25, 0.3) is 0 Å². The van der Waals surface area contributed by atoms with Crippen molar-refractivity contribution in [3.05, 3.63) is 64.7 Å². The van der Waals surface area contributed by atoms with Gasteiger partial charge < -0.3 is 20.7 Å². The Kier molecular flexibility index (Phi) is 9.28. The van der Waals surface area contributed by atoms with E-state index in [1.54, 1.807) is 40.9 Å². The van der Waals surface area contributed by atoms with Crippen molar-refractivity contribution in [1.29, 1.82) is 0 Å². The van der Waals surface area contributed by atoms with Gasteiger partial charge in [-0.05, 0) is 29.3 Å². The number of nitrogens with one attached hydrogen (secondary N) is 1. The number of carbonyl (C=O) groups is 3. The van der Waals surface area contributed by atoms with Gasteiger partial charge in [0, 0.05) is 28.3 Å². The molecule has 0 bridgehead atoms. The Morgan fingerprint density at radius 1 is 1.26 bits per heavy atom. The summed E-state index contributed by atoms with van der Waals surface area (Å²) in [5, 5.41) is 3.43. The summed E-state index contributed by atoms with van der Waals surface area (Å²) < 4.78 is 0.0250. The number of halogens is 1. The fourth-order valence-electron chi connectivity index (χ4n) is 3.97. The third-order valence-electron chi connectivity index (χ3n) is 5.44. The van der Waals surface area contributed by atoms with Crippen LogP contribution in [0, 0.1) is 0 Å². The number of nitrogens with zero attached hydrogens (tertiary/aromatic N) is 2. The van der Waals surface area contributed by atoms with Crippen molar-refractivity contribution < 1.29 is 14.4 Å². The van der Waals surface area contributed by atoms with E-state index in [1.807, 2.05) is 30.3 Å². The number of rotatable bonds is 8. The molecule has 1 heterocycles. The van der Waals surface area contributed by atoms with Crippen LogP contribution in [0.4, 0.5) is 5.69 Å². The molecular formula is C25H31ClN4O3S2. The van der Waals surface area contributed by atoms with Gasteiger partial charge in [0.2, 0.25) is 5.91 Å². The summed E-state index contributed by atoms with van der Waals surface area (Å²) in [5.41, 5.74) is 8.43. The van der Waals surface area contributed by atoms with E-state index < -0.39 is 24.2 Å². The highest BCUT2D eigenvalue weighted by Crippen LogP contribution is 2.39. The Morgan fingerprint density at radius 3 is 2.57 bits per heavy atom. The highest BCUT2D eigenvalue weighted by Gasteiger charge is 2.42. The van der Waals surface area contributed by atoms with E-state index in [0.717, 1.165) is 17.4 Å². The normalized spacial score (nSPS) is 19.3. The number of aldehydes is 1. The molecular weight excluding hydrogens is 504 g/mol. The van der Waals surface area contributed by atoms with E-state index in [9.17, 15) is 14.4 Å². The van der Waals surface area contributed by atoms with Crippen LogP contribution in [-0.2, 0) is 14.4 Å². The molecule has 10 heteroatoms. The van der Waals surface area contributed by atoms with Crippen LogP contribution in [0.3, 0.4) is 0 Å². The summed E-state index contributed by atoms with van der Waals surface area (Å²) in [5.74, 6) is -0.405. The first-order valence-electron chi connectivity index (χ1n) is 11.2. The molecule has 1 aliphatic rings. The molecule has 7 nitrogen and oxygen atoms in total. The molecule has 0 saturated carbocycles. The van der Waals surface area contributed by atoms with Crippen molar-refractivity contribution in [3.8, 4) is 0 Å². The molecule has 2 amide bonds. The molecule has 188 valence electrons. The van der Waals surface area contributed by atoms with Crippen molar-refractivity contribution in [3.63, 3.8) is 0 Å². The number of anilines is 1. The highest BCUT2D eigenvalue weighted by molar-refractivity contribution is 8.77. The summed E-state index contributed by atoms with van der Waals surface area (Å²) >= 11 is 6.33. The number of fused-ring (bicyclic) bond motifs is 1. The Hall–Kier alpha value is -2.04. The average molecular weight is 535 g/mol. The molecule has 2 aromatic rings. The monoisotopic (exact) mass is 534 g/mol. The molecule has 0 saturated heterocycles. The van der Waals surface area contributed by atoms with Crippen LogP contribution in [0.1, 0.15) is 37.9 Å². The maximum absolute atomic E-state index is 13.5. The van der Waals surface area contributed by atoms with Crippen LogP contribution in [0.15, 0.2) is 48.5 Å². The van der Waals surface area contributed by atoms with Gasteiger partial charge in [-0.15, -0.1) is 0 Å². The van der Waals surface area contributed by atoms with Gasteiger partial charge in [0.15, 0.2) is 6.17 Å². The zero-order valence-corrected chi connectivity index (χ0v) is 22.6. The van der Waals surface area contributed by atoms with Gasteiger partial charge in [0.25, 0.3) is 5.91 Å². The first kappa shape index (κ1) is 27.5. The van der Waals surface area contributed by atoms with E-state index in [1.165, 1.54) is 15.7 Å². The lowest BCUT2D eigenvalue weighted by Crippen LogP contribution is -2.59. The van der Waals surface area contributed by atoms with Gasteiger partial charge >= 0.3 is 0 Å². The molecule has 0 radical (unpaired) electrons. The Morgan fingerprint density at radius 2 is 1.94 bits per heavy atom. The fourth-order valence-corrected chi connectivity index (χ4v) is 6.57. The van der Waals surface area contributed by atoms with Gasteiger partial charge in [0.05, 0.1) is 18.6 Å². The SMILES string of the molecule is CN(C(=O)C(N)CSSC(C)(C)C)C1C(=O)Nc2ccc(Cl)cc2C(c2ccccc2)N1CC=O. The standard InChI is InChI=1S/C25H31ClN4O3S2/c1-25(2,3)35-34-15-19(27)24(33)29(4)23-22(32)28-20-11-10-17(26)14-18(20)21(30(23)12-13-31)16-8-6-5-7-9-16/h5-11,13-14,19,21,23H,12,15,27H2,1-4H3,(H,28,32). The predicted molar refractivity (Wildman–Crippen MR) is 145 cm³/mol. The van der Waals surface area contributed by atoms with Crippen molar-refractivity contribution in [2.45, 2.75) is 43.8 Å². The molecule has 0 aromatic heterocycles. The van der Waals surface area contributed by atoms with Gasteiger partial charge in [-0.2, -0.15) is 0 Å². The van der Waals surface area contributed by atoms with Gasteiger partial charge in [-0.3, -0.25) is 14.5 Å². The van der Waals surface area contributed by atoms with Crippen LogP contribution in [0.2, 0.25) is 5.02 Å². The van der Waals surface area contributed by atoms with Gasteiger partial charge in [-0.25, -0.2) is 0 Å². The molecule has 3 rings (SSSR count). The summed E-state index contributed by atoms with van der Waals surface area (Å²) in [6.45, 7) is 6.19. The number of hydrogen-bond acceptors (Lipinski definition) is 7. The second-order valence-electron chi connectivity index (χ2n) is 9.31. The topological polar surface area (TPSA) is 95.7 Å². The Balaban J connectivity index is 2.00. The van der Waals surface area contributed by atoms with E-state index >= 15 is 0 Å². The molecule has 2 aromatic carbocycles. The quantitative estimate of drug-likeness (QED) is 0.387.